The van der Waals surface area contributed by atoms with E-state index in [1.54, 1.807) is 17.4 Å². The molecular weight excluding hydrogens is 344 g/mol. The van der Waals surface area contributed by atoms with Crippen LogP contribution in [-0.4, -0.2) is 42.1 Å². The van der Waals surface area contributed by atoms with Gasteiger partial charge in [-0.25, -0.2) is 0 Å². The predicted molar refractivity (Wildman–Crippen MR) is 111 cm³/mol. The van der Waals surface area contributed by atoms with Crippen LogP contribution in [0.2, 0.25) is 0 Å². The van der Waals surface area contributed by atoms with Crippen LogP contribution < -0.4 is 10.9 Å². The van der Waals surface area contributed by atoms with Gasteiger partial charge in [0.05, 0.1) is 0 Å². The Bertz CT molecular complexity index is 737. The Labute approximate surface area is 160 Å². The van der Waals surface area contributed by atoms with E-state index in [4.69, 9.17) is 4.99 Å². The molecule has 1 N–H and O–H groups in total. The first-order chi connectivity index (χ1) is 12.6. The molecule has 0 saturated heterocycles. The van der Waals surface area contributed by atoms with Crippen molar-refractivity contribution in [3.05, 3.63) is 56.6 Å². The van der Waals surface area contributed by atoms with Crippen LogP contribution in [0.3, 0.4) is 0 Å². The zero-order valence-electron chi connectivity index (χ0n) is 16.1. The standard InChI is InChI=1S/C20H30N4OS/c1-4-21-20(23(3)15-12-18-10-8-16-26-18)22-13-5-6-14-24-17(2)9-7-11-19(24)25/h7-11,16H,4-6,12-15H2,1-3H3,(H,21,22). The first-order valence-electron chi connectivity index (χ1n) is 9.30. The lowest BCUT2D eigenvalue weighted by molar-refractivity contribution is 0.485. The van der Waals surface area contributed by atoms with E-state index < -0.39 is 0 Å². The van der Waals surface area contributed by atoms with E-state index in [1.165, 1.54) is 4.88 Å². The van der Waals surface area contributed by atoms with Gasteiger partial charge >= 0.3 is 0 Å². The fourth-order valence-corrected chi connectivity index (χ4v) is 3.48. The van der Waals surface area contributed by atoms with Gasteiger partial charge in [0.25, 0.3) is 5.56 Å². The fourth-order valence-electron chi connectivity index (χ4n) is 2.78. The maximum atomic E-state index is 11.9. The normalized spacial score (nSPS) is 11.6. The van der Waals surface area contributed by atoms with Crippen molar-refractivity contribution in [3.8, 4) is 0 Å². The number of rotatable bonds is 9. The minimum absolute atomic E-state index is 0.0788. The second-order valence-corrected chi connectivity index (χ2v) is 7.38. The Kier molecular flexibility index (Phi) is 8.41. The molecule has 0 amide bonds. The van der Waals surface area contributed by atoms with Crippen molar-refractivity contribution in [2.75, 3.05) is 26.7 Å². The van der Waals surface area contributed by atoms with Gasteiger partial charge in [-0.3, -0.25) is 9.79 Å². The number of unbranched alkanes of at least 4 members (excludes halogenated alkanes) is 1. The lowest BCUT2D eigenvalue weighted by Gasteiger charge is -2.21. The summed E-state index contributed by atoms with van der Waals surface area (Å²) in [6, 6.07) is 9.69. The second-order valence-electron chi connectivity index (χ2n) is 6.35. The number of guanidine groups is 1. The van der Waals surface area contributed by atoms with Gasteiger partial charge in [0.2, 0.25) is 0 Å². The van der Waals surface area contributed by atoms with Crippen molar-refractivity contribution in [3.63, 3.8) is 0 Å². The Morgan fingerprint density at radius 1 is 1.27 bits per heavy atom. The molecule has 2 rings (SSSR count). The van der Waals surface area contributed by atoms with Crippen molar-refractivity contribution in [1.29, 1.82) is 0 Å². The number of aryl methyl sites for hydroxylation is 1. The summed E-state index contributed by atoms with van der Waals surface area (Å²) in [7, 11) is 2.09. The summed E-state index contributed by atoms with van der Waals surface area (Å²) in [6.45, 7) is 7.41. The second kappa shape index (κ2) is 10.8. The maximum absolute atomic E-state index is 11.9. The van der Waals surface area contributed by atoms with Crippen molar-refractivity contribution in [2.24, 2.45) is 4.99 Å². The Morgan fingerprint density at radius 3 is 2.81 bits per heavy atom. The highest BCUT2D eigenvalue weighted by Gasteiger charge is 2.06. The molecule has 2 aromatic rings. The van der Waals surface area contributed by atoms with Crippen LogP contribution in [0.15, 0.2) is 45.5 Å². The molecule has 5 nitrogen and oxygen atoms in total. The molecule has 0 saturated carbocycles. The molecule has 142 valence electrons. The zero-order chi connectivity index (χ0) is 18.8. The average molecular weight is 375 g/mol. The molecule has 0 fully saturated rings. The molecule has 0 bridgehead atoms. The number of hydrogen-bond donors (Lipinski definition) is 1. The molecule has 0 aromatic carbocycles. The van der Waals surface area contributed by atoms with Gasteiger partial charge in [0.1, 0.15) is 0 Å². The van der Waals surface area contributed by atoms with Gasteiger partial charge in [-0.2, -0.15) is 0 Å². The summed E-state index contributed by atoms with van der Waals surface area (Å²) in [6.07, 6.45) is 2.95. The van der Waals surface area contributed by atoms with E-state index in [2.05, 4.69) is 41.7 Å². The molecule has 6 heteroatoms. The highest BCUT2D eigenvalue weighted by atomic mass is 32.1. The molecule has 0 aliphatic heterocycles. The lowest BCUT2D eigenvalue weighted by atomic mass is 10.3. The van der Waals surface area contributed by atoms with Crippen LogP contribution in [0.25, 0.3) is 0 Å². The highest BCUT2D eigenvalue weighted by molar-refractivity contribution is 7.09. The third-order valence-electron chi connectivity index (χ3n) is 4.29. The summed E-state index contributed by atoms with van der Waals surface area (Å²) in [5, 5.41) is 5.48. The highest BCUT2D eigenvalue weighted by Crippen LogP contribution is 2.09. The quantitative estimate of drug-likeness (QED) is 0.417. The number of aromatic nitrogens is 1. The molecule has 0 unspecified atom stereocenters. The van der Waals surface area contributed by atoms with Gasteiger partial charge in [0.15, 0.2) is 5.96 Å². The largest absolute Gasteiger partial charge is 0.357 e. The molecule has 26 heavy (non-hydrogen) atoms. The number of hydrogen-bond acceptors (Lipinski definition) is 3. The number of nitrogens with zero attached hydrogens (tertiary/aromatic N) is 3. The molecule has 0 spiro atoms. The van der Waals surface area contributed by atoms with Crippen molar-refractivity contribution in [1.82, 2.24) is 14.8 Å². The molecule has 2 aromatic heterocycles. The van der Waals surface area contributed by atoms with Gasteiger partial charge in [-0.15, -0.1) is 11.3 Å². The lowest BCUT2D eigenvalue weighted by Crippen LogP contribution is -2.40. The van der Waals surface area contributed by atoms with Crippen LogP contribution >= 0.6 is 11.3 Å². The minimum Gasteiger partial charge on any atom is -0.357 e. The van der Waals surface area contributed by atoms with Crippen molar-refractivity contribution >= 4 is 17.3 Å². The van der Waals surface area contributed by atoms with Crippen LogP contribution in [0.1, 0.15) is 30.3 Å². The van der Waals surface area contributed by atoms with Crippen LogP contribution in [0.4, 0.5) is 0 Å². The average Bonchev–Trinajstić information content (AvgIpc) is 3.14. The van der Waals surface area contributed by atoms with E-state index in [0.29, 0.717) is 0 Å². The molecule has 2 heterocycles. The number of thiophene rings is 1. The molecule has 0 radical (unpaired) electrons. The van der Waals surface area contributed by atoms with E-state index in [9.17, 15) is 4.79 Å². The topological polar surface area (TPSA) is 49.6 Å². The predicted octanol–water partition coefficient (Wildman–Crippen LogP) is 3.14. The number of likely N-dealkylation sites (N-methyl/N-ethyl adjacent to an activating group) is 1. The summed E-state index contributed by atoms with van der Waals surface area (Å²) >= 11 is 1.80. The summed E-state index contributed by atoms with van der Waals surface area (Å²) in [4.78, 5) is 20.2. The monoisotopic (exact) mass is 374 g/mol. The summed E-state index contributed by atoms with van der Waals surface area (Å²) in [5.74, 6) is 0.956. The third-order valence-corrected chi connectivity index (χ3v) is 5.23. The third kappa shape index (κ3) is 6.33. The van der Waals surface area contributed by atoms with Gasteiger partial charge in [-0.1, -0.05) is 12.1 Å². The van der Waals surface area contributed by atoms with Gasteiger partial charge < -0.3 is 14.8 Å². The van der Waals surface area contributed by atoms with Gasteiger partial charge in [0, 0.05) is 49.9 Å². The fraction of sp³-hybridized carbons (Fsp3) is 0.500. The smallest absolute Gasteiger partial charge is 0.250 e. The van der Waals surface area contributed by atoms with Crippen molar-refractivity contribution < 1.29 is 0 Å². The van der Waals surface area contributed by atoms with E-state index in [1.807, 2.05) is 23.6 Å². The molecule has 0 atom stereocenters. The Hall–Kier alpha value is -2.08. The van der Waals surface area contributed by atoms with Crippen LogP contribution in [0, 0.1) is 6.92 Å². The summed E-state index contributed by atoms with van der Waals surface area (Å²) < 4.78 is 1.84. The molecule has 0 aliphatic carbocycles. The van der Waals surface area contributed by atoms with E-state index >= 15 is 0 Å². The number of aliphatic imine (C=N–C) groups is 1. The summed E-state index contributed by atoms with van der Waals surface area (Å²) in [5.41, 5.74) is 1.10. The van der Waals surface area contributed by atoms with Crippen molar-refractivity contribution in [2.45, 2.75) is 39.7 Å². The zero-order valence-corrected chi connectivity index (χ0v) is 16.9. The molecule has 0 aliphatic rings. The Morgan fingerprint density at radius 2 is 2.12 bits per heavy atom. The van der Waals surface area contributed by atoms with Gasteiger partial charge in [-0.05, 0) is 50.6 Å². The van der Waals surface area contributed by atoms with E-state index in [-0.39, 0.29) is 5.56 Å². The van der Waals surface area contributed by atoms with E-state index in [0.717, 1.165) is 57.1 Å². The van der Waals surface area contributed by atoms with Crippen LogP contribution in [-0.2, 0) is 13.0 Å². The van der Waals surface area contributed by atoms with Crippen LogP contribution in [0.5, 0.6) is 0 Å². The first kappa shape index (κ1) is 20.2. The number of pyridine rings is 1. The number of nitrogens with one attached hydrogen (secondary N) is 1. The SMILES string of the molecule is CCNC(=NCCCCn1c(C)cccc1=O)N(C)CCc1cccs1. The first-order valence-corrected chi connectivity index (χ1v) is 10.2. The molecular formula is C20H30N4OS. The Balaban J connectivity index is 1.79. The minimum atomic E-state index is 0.0788. The maximum Gasteiger partial charge on any atom is 0.250 e.